The first-order valence-electron chi connectivity index (χ1n) is 13.8. The molecule has 0 spiro atoms. The van der Waals surface area contributed by atoms with E-state index in [1.54, 1.807) is 30.3 Å². The fraction of sp³-hybridized carbons (Fsp3) is 0.323. The molecule has 1 heterocycles. The van der Waals surface area contributed by atoms with Crippen molar-refractivity contribution >= 4 is 50.9 Å². The zero-order chi connectivity index (χ0) is 30.3. The number of halogens is 2. The number of nitrogens with zero attached hydrogens (tertiary/aromatic N) is 2. The van der Waals surface area contributed by atoms with Crippen LogP contribution in [-0.2, 0) is 32.6 Å². The van der Waals surface area contributed by atoms with Crippen molar-refractivity contribution in [2.24, 2.45) is 0 Å². The molecular formula is C31H33Cl2N3O5S. The fourth-order valence-corrected chi connectivity index (χ4v) is 6.79. The number of rotatable bonds is 13. The highest BCUT2D eigenvalue weighted by atomic mass is 35.5. The summed E-state index contributed by atoms with van der Waals surface area (Å²) in [5, 5.41) is 3.66. The molecule has 1 atom stereocenters. The third-order valence-electron chi connectivity index (χ3n) is 7.10. The average molecular weight is 631 g/mol. The number of sulfonamides is 1. The van der Waals surface area contributed by atoms with Crippen molar-refractivity contribution in [3.05, 3.63) is 99.5 Å². The molecule has 11 heteroatoms. The van der Waals surface area contributed by atoms with Gasteiger partial charge in [-0.1, -0.05) is 85.1 Å². The first-order valence-corrected chi connectivity index (χ1v) is 16.0. The Labute approximate surface area is 256 Å². The predicted octanol–water partition coefficient (Wildman–Crippen LogP) is 5.47. The summed E-state index contributed by atoms with van der Waals surface area (Å²) < 4.78 is 26.7. The second-order valence-electron chi connectivity index (χ2n) is 10.1. The maximum Gasteiger partial charge on any atom is 0.269 e. The van der Waals surface area contributed by atoms with Crippen LogP contribution in [0, 0.1) is 0 Å². The molecule has 3 aromatic rings. The SMILES string of the molecule is CCCCNC(=O)[C@@H](Cc1ccccc1)N(Cc1ccc(Cl)c(Cl)c1)C(=O)CCCN1C(=O)c2ccccc2S1(=O)=O. The summed E-state index contributed by atoms with van der Waals surface area (Å²) >= 11 is 12.4. The Hall–Kier alpha value is -3.40. The Bertz CT molecular complexity index is 1550. The van der Waals surface area contributed by atoms with Crippen LogP contribution in [0.1, 0.15) is 54.1 Å². The van der Waals surface area contributed by atoms with Crippen molar-refractivity contribution in [3.8, 4) is 0 Å². The Morgan fingerprint density at radius 2 is 1.64 bits per heavy atom. The molecular weight excluding hydrogens is 597 g/mol. The molecule has 8 nitrogen and oxygen atoms in total. The van der Waals surface area contributed by atoms with E-state index in [0.29, 0.717) is 22.2 Å². The number of benzene rings is 3. The first kappa shape index (κ1) is 31.5. The molecule has 0 bridgehead atoms. The van der Waals surface area contributed by atoms with Gasteiger partial charge in [0.2, 0.25) is 11.8 Å². The average Bonchev–Trinajstić information content (AvgIpc) is 3.17. The Kier molecular flexibility index (Phi) is 10.6. The van der Waals surface area contributed by atoms with Crippen LogP contribution < -0.4 is 5.32 Å². The van der Waals surface area contributed by atoms with Crippen molar-refractivity contribution < 1.29 is 22.8 Å². The zero-order valence-corrected chi connectivity index (χ0v) is 25.6. The molecule has 0 saturated heterocycles. The number of amides is 3. The molecule has 222 valence electrons. The van der Waals surface area contributed by atoms with Crippen LogP contribution in [0.25, 0.3) is 0 Å². The van der Waals surface area contributed by atoms with Gasteiger partial charge in [-0.2, -0.15) is 0 Å². The van der Waals surface area contributed by atoms with E-state index in [-0.39, 0.29) is 54.6 Å². The Balaban J connectivity index is 1.57. The summed E-state index contributed by atoms with van der Waals surface area (Å²) in [7, 11) is -3.99. The van der Waals surface area contributed by atoms with Crippen LogP contribution >= 0.6 is 23.2 Å². The molecule has 1 N–H and O–H groups in total. The highest BCUT2D eigenvalue weighted by Gasteiger charge is 2.40. The molecule has 0 saturated carbocycles. The van der Waals surface area contributed by atoms with Gasteiger partial charge >= 0.3 is 0 Å². The third-order valence-corrected chi connectivity index (χ3v) is 9.68. The number of hydrogen-bond acceptors (Lipinski definition) is 5. The number of carbonyl (C=O) groups excluding carboxylic acids is 3. The number of nitrogens with one attached hydrogen (secondary N) is 1. The smallest absolute Gasteiger partial charge is 0.269 e. The molecule has 42 heavy (non-hydrogen) atoms. The van der Waals surface area contributed by atoms with Crippen molar-refractivity contribution in [2.45, 2.75) is 56.5 Å². The summed E-state index contributed by atoms with van der Waals surface area (Å²) in [4.78, 5) is 41.7. The maximum atomic E-state index is 13.8. The molecule has 0 unspecified atom stereocenters. The van der Waals surface area contributed by atoms with Gasteiger partial charge in [0.15, 0.2) is 0 Å². The van der Waals surface area contributed by atoms with Gasteiger partial charge in [0, 0.05) is 32.5 Å². The molecule has 1 aliphatic rings. The zero-order valence-electron chi connectivity index (χ0n) is 23.3. The molecule has 0 aromatic heterocycles. The van der Waals surface area contributed by atoms with Crippen molar-refractivity contribution in [1.29, 1.82) is 0 Å². The molecule has 1 aliphatic heterocycles. The van der Waals surface area contributed by atoms with Crippen molar-refractivity contribution in [2.75, 3.05) is 13.1 Å². The van der Waals surface area contributed by atoms with Gasteiger partial charge in [-0.3, -0.25) is 14.4 Å². The van der Waals surface area contributed by atoms with Gasteiger partial charge in [0.25, 0.3) is 15.9 Å². The van der Waals surface area contributed by atoms with Gasteiger partial charge < -0.3 is 10.2 Å². The monoisotopic (exact) mass is 629 g/mol. The van der Waals surface area contributed by atoms with E-state index in [0.717, 1.165) is 22.7 Å². The quantitative estimate of drug-likeness (QED) is 0.252. The minimum absolute atomic E-state index is 0.0331. The van der Waals surface area contributed by atoms with E-state index in [1.807, 2.05) is 37.3 Å². The van der Waals surface area contributed by atoms with Crippen LogP contribution in [0.15, 0.2) is 77.7 Å². The lowest BCUT2D eigenvalue weighted by Crippen LogP contribution is -2.50. The number of unbranched alkanes of at least 4 members (excludes halogenated alkanes) is 1. The fourth-order valence-electron chi connectivity index (χ4n) is 4.86. The number of hydrogen-bond donors (Lipinski definition) is 1. The van der Waals surface area contributed by atoms with Gasteiger partial charge in [-0.15, -0.1) is 0 Å². The summed E-state index contributed by atoms with van der Waals surface area (Å²) in [6, 6.07) is 19.7. The highest BCUT2D eigenvalue weighted by Crippen LogP contribution is 2.30. The van der Waals surface area contributed by atoms with Crippen LogP contribution in [0.5, 0.6) is 0 Å². The lowest BCUT2D eigenvalue weighted by molar-refractivity contribution is -0.141. The van der Waals surface area contributed by atoms with Crippen molar-refractivity contribution in [3.63, 3.8) is 0 Å². The molecule has 3 amide bonds. The summed E-state index contributed by atoms with van der Waals surface area (Å²) in [6.07, 6.45) is 1.98. The second-order valence-corrected chi connectivity index (χ2v) is 12.7. The summed E-state index contributed by atoms with van der Waals surface area (Å²) in [6.45, 7) is 2.43. The minimum Gasteiger partial charge on any atom is -0.354 e. The molecule has 0 radical (unpaired) electrons. The van der Waals surface area contributed by atoms with Gasteiger partial charge in [0.1, 0.15) is 10.9 Å². The van der Waals surface area contributed by atoms with E-state index in [4.69, 9.17) is 23.2 Å². The summed E-state index contributed by atoms with van der Waals surface area (Å²) in [5.41, 5.74) is 1.69. The number of carbonyl (C=O) groups is 3. The highest BCUT2D eigenvalue weighted by molar-refractivity contribution is 7.90. The molecule has 0 aliphatic carbocycles. The van der Waals surface area contributed by atoms with E-state index in [9.17, 15) is 22.8 Å². The standard InChI is InChI=1S/C31H33Cl2N3O5S/c1-2-3-17-34-30(38)27(20-22-10-5-4-6-11-22)35(21-23-15-16-25(32)26(33)19-23)29(37)14-9-18-36-31(39)24-12-7-8-13-28(24)42(36,40)41/h4-8,10-13,15-16,19,27H,2-3,9,14,17-18,20-21H2,1H3,(H,34,38)/t27-/m1/s1. The van der Waals surface area contributed by atoms with Crippen LogP contribution in [-0.4, -0.2) is 54.5 Å². The van der Waals surface area contributed by atoms with E-state index in [2.05, 4.69) is 5.32 Å². The van der Waals surface area contributed by atoms with Gasteiger partial charge in [0.05, 0.1) is 15.6 Å². The van der Waals surface area contributed by atoms with Gasteiger partial charge in [-0.25, -0.2) is 12.7 Å². The molecule has 4 rings (SSSR count). The lowest BCUT2D eigenvalue weighted by atomic mass is 10.0. The first-order chi connectivity index (χ1) is 20.1. The lowest BCUT2D eigenvalue weighted by Gasteiger charge is -2.32. The van der Waals surface area contributed by atoms with E-state index in [1.165, 1.54) is 17.0 Å². The maximum absolute atomic E-state index is 13.8. The van der Waals surface area contributed by atoms with Crippen LogP contribution in [0.3, 0.4) is 0 Å². The van der Waals surface area contributed by atoms with E-state index >= 15 is 0 Å². The van der Waals surface area contributed by atoms with E-state index < -0.39 is 22.0 Å². The topological polar surface area (TPSA) is 104 Å². The Morgan fingerprint density at radius 1 is 0.929 bits per heavy atom. The normalized spacial score (nSPS) is 14.4. The molecule has 3 aromatic carbocycles. The minimum atomic E-state index is -3.99. The second kappa shape index (κ2) is 14.2. The largest absolute Gasteiger partial charge is 0.354 e. The van der Waals surface area contributed by atoms with Gasteiger partial charge in [-0.05, 0) is 48.2 Å². The summed E-state index contributed by atoms with van der Waals surface area (Å²) in [5.74, 6) is -1.24. The third kappa shape index (κ3) is 7.32. The predicted molar refractivity (Wildman–Crippen MR) is 163 cm³/mol. The van der Waals surface area contributed by atoms with Crippen LogP contribution in [0.4, 0.5) is 0 Å². The Morgan fingerprint density at radius 3 is 2.33 bits per heavy atom. The van der Waals surface area contributed by atoms with Crippen LogP contribution in [0.2, 0.25) is 10.0 Å². The number of fused-ring (bicyclic) bond motifs is 1. The van der Waals surface area contributed by atoms with Crippen molar-refractivity contribution in [1.82, 2.24) is 14.5 Å². The molecule has 0 fully saturated rings.